The van der Waals surface area contributed by atoms with Crippen LogP contribution in [0.25, 0.3) is 6.08 Å². The zero-order chi connectivity index (χ0) is 32.0. The lowest BCUT2D eigenvalue weighted by atomic mass is 9.99. The molecule has 0 spiro atoms. The standard InChI is InChI=1S/C33H46N4O6/c1-7-9-10-11-21-37(31(40)27(19-20-28(34)38)36-32(41)43-33(3,4)5)29(24-14-12-13-23(8-2)22-24)30(39)35-25-15-17-26(42-6)18-16-25/h8,12-18,22,27,29H,2,7,9-11,19-21H2,1,3-6H3,(H2,34,38)(H,35,39)(H,36,41). The van der Waals surface area contributed by atoms with Gasteiger partial charge in [-0.15, -0.1) is 0 Å². The van der Waals surface area contributed by atoms with E-state index in [2.05, 4.69) is 24.1 Å². The highest BCUT2D eigenvalue weighted by Gasteiger charge is 2.36. The first-order valence-electron chi connectivity index (χ1n) is 14.6. The van der Waals surface area contributed by atoms with Gasteiger partial charge in [-0.3, -0.25) is 14.4 Å². The Morgan fingerprint density at radius 2 is 1.74 bits per heavy atom. The predicted molar refractivity (Wildman–Crippen MR) is 168 cm³/mol. The van der Waals surface area contributed by atoms with Gasteiger partial charge >= 0.3 is 6.09 Å². The van der Waals surface area contributed by atoms with Crippen molar-refractivity contribution >= 4 is 35.6 Å². The maximum atomic E-state index is 14.3. The highest BCUT2D eigenvalue weighted by atomic mass is 16.6. The number of ether oxygens (including phenoxy) is 2. The molecule has 0 saturated carbocycles. The Morgan fingerprint density at radius 1 is 1.05 bits per heavy atom. The Labute approximate surface area is 255 Å². The molecule has 0 aliphatic carbocycles. The van der Waals surface area contributed by atoms with Crippen LogP contribution < -0.4 is 21.1 Å². The van der Waals surface area contributed by atoms with Gasteiger partial charge in [0.15, 0.2) is 0 Å². The van der Waals surface area contributed by atoms with Crippen LogP contribution in [0.15, 0.2) is 55.1 Å². The molecular weight excluding hydrogens is 548 g/mol. The minimum atomic E-state index is -1.16. The summed E-state index contributed by atoms with van der Waals surface area (Å²) >= 11 is 0. The van der Waals surface area contributed by atoms with Crippen LogP contribution in [0.1, 0.15) is 83.4 Å². The maximum absolute atomic E-state index is 14.3. The van der Waals surface area contributed by atoms with Gasteiger partial charge < -0.3 is 30.7 Å². The molecule has 0 saturated heterocycles. The van der Waals surface area contributed by atoms with Crippen LogP contribution in [0, 0.1) is 0 Å². The highest BCUT2D eigenvalue weighted by Crippen LogP contribution is 2.27. The number of carbonyl (C=O) groups is 4. The van der Waals surface area contributed by atoms with E-state index in [0.29, 0.717) is 23.4 Å². The quantitative estimate of drug-likeness (QED) is 0.217. The number of methoxy groups -OCH3 is 1. The molecule has 2 aromatic rings. The zero-order valence-corrected chi connectivity index (χ0v) is 26.0. The number of carbonyl (C=O) groups excluding carboxylic acids is 4. The average Bonchev–Trinajstić information content (AvgIpc) is 2.95. The van der Waals surface area contributed by atoms with E-state index >= 15 is 0 Å². The van der Waals surface area contributed by atoms with Gasteiger partial charge in [-0.05, 0) is 75.1 Å². The highest BCUT2D eigenvalue weighted by molar-refractivity contribution is 5.99. The average molecular weight is 595 g/mol. The molecule has 2 rings (SSSR count). The van der Waals surface area contributed by atoms with E-state index in [0.717, 1.165) is 24.8 Å². The predicted octanol–water partition coefficient (Wildman–Crippen LogP) is 5.59. The third-order valence-electron chi connectivity index (χ3n) is 6.58. The second-order valence-corrected chi connectivity index (χ2v) is 11.3. The van der Waals surface area contributed by atoms with Crippen LogP contribution in [0.3, 0.4) is 0 Å². The molecule has 0 radical (unpaired) electrons. The summed E-state index contributed by atoms with van der Waals surface area (Å²) in [5, 5.41) is 5.55. The third-order valence-corrected chi connectivity index (χ3v) is 6.58. The second-order valence-electron chi connectivity index (χ2n) is 11.3. The zero-order valence-electron chi connectivity index (χ0n) is 26.0. The molecule has 0 fully saturated rings. The first-order valence-corrected chi connectivity index (χ1v) is 14.6. The number of nitrogens with one attached hydrogen (secondary N) is 2. The molecule has 0 bridgehead atoms. The molecule has 4 amide bonds. The van der Waals surface area contributed by atoms with E-state index in [4.69, 9.17) is 15.2 Å². The maximum Gasteiger partial charge on any atom is 0.408 e. The molecular formula is C33H46N4O6. The summed E-state index contributed by atoms with van der Waals surface area (Å²) in [5.41, 5.74) is 6.46. The summed E-state index contributed by atoms with van der Waals surface area (Å²) in [6.45, 7) is 11.3. The molecule has 10 heteroatoms. The third kappa shape index (κ3) is 11.8. The minimum absolute atomic E-state index is 0.0572. The SMILES string of the molecule is C=Cc1cccc(C(C(=O)Nc2ccc(OC)cc2)N(CCCCCC)C(=O)C(CCC(N)=O)NC(=O)OC(C)(C)C)c1. The Hall–Kier alpha value is -4.34. The van der Waals surface area contributed by atoms with Crippen LogP contribution in [-0.4, -0.2) is 54.0 Å². The summed E-state index contributed by atoms with van der Waals surface area (Å²) in [5.74, 6) is -0.958. The van der Waals surface area contributed by atoms with E-state index in [9.17, 15) is 19.2 Å². The van der Waals surface area contributed by atoms with Crippen LogP contribution in [0.2, 0.25) is 0 Å². The summed E-state index contributed by atoms with van der Waals surface area (Å²) in [6, 6.07) is 11.9. The summed E-state index contributed by atoms with van der Waals surface area (Å²) < 4.78 is 10.6. The van der Waals surface area contributed by atoms with E-state index < -0.39 is 41.5 Å². The topological polar surface area (TPSA) is 140 Å². The van der Waals surface area contributed by atoms with Crippen molar-refractivity contribution in [2.24, 2.45) is 5.73 Å². The lowest BCUT2D eigenvalue weighted by Gasteiger charge is -2.34. The Balaban J connectivity index is 2.58. The largest absolute Gasteiger partial charge is 0.497 e. The number of nitrogens with two attached hydrogens (primary N) is 1. The fourth-order valence-electron chi connectivity index (χ4n) is 4.48. The fraction of sp³-hybridized carbons (Fsp3) is 0.455. The van der Waals surface area contributed by atoms with Crippen molar-refractivity contribution in [3.8, 4) is 5.75 Å². The lowest BCUT2D eigenvalue weighted by molar-refractivity contribution is -0.141. The second kappa shape index (κ2) is 16.9. The van der Waals surface area contributed by atoms with Crippen molar-refractivity contribution in [1.29, 1.82) is 0 Å². The van der Waals surface area contributed by atoms with Gasteiger partial charge in [-0.25, -0.2) is 4.79 Å². The first kappa shape index (κ1) is 34.9. The van der Waals surface area contributed by atoms with Crippen molar-refractivity contribution in [3.05, 3.63) is 66.2 Å². The van der Waals surface area contributed by atoms with E-state index in [1.165, 1.54) is 4.90 Å². The number of unbranched alkanes of at least 4 members (excludes halogenated alkanes) is 3. The van der Waals surface area contributed by atoms with Gasteiger partial charge in [0.25, 0.3) is 5.91 Å². The number of benzene rings is 2. The Bertz CT molecular complexity index is 1240. The van der Waals surface area contributed by atoms with Crippen molar-refractivity contribution in [2.75, 3.05) is 19.0 Å². The van der Waals surface area contributed by atoms with Crippen LogP contribution in [0.5, 0.6) is 5.75 Å². The summed E-state index contributed by atoms with van der Waals surface area (Å²) in [6.07, 6.45) is 4.05. The molecule has 0 heterocycles. The van der Waals surface area contributed by atoms with Crippen molar-refractivity contribution in [2.45, 2.75) is 83.9 Å². The van der Waals surface area contributed by atoms with Gasteiger partial charge in [-0.2, -0.15) is 0 Å². The number of hydrogen-bond donors (Lipinski definition) is 3. The number of rotatable bonds is 16. The normalized spacial score (nSPS) is 12.4. The van der Waals surface area contributed by atoms with Gasteiger partial charge in [-0.1, -0.05) is 57.0 Å². The van der Waals surface area contributed by atoms with Crippen LogP contribution in [-0.2, 0) is 19.1 Å². The monoisotopic (exact) mass is 594 g/mol. The van der Waals surface area contributed by atoms with Gasteiger partial charge in [0.1, 0.15) is 23.4 Å². The summed E-state index contributed by atoms with van der Waals surface area (Å²) in [7, 11) is 1.55. The molecule has 0 aliphatic heterocycles. The van der Waals surface area contributed by atoms with E-state index in [1.54, 1.807) is 76.4 Å². The molecule has 43 heavy (non-hydrogen) atoms. The number of hydrogen-bond acceptors (Lipinski definition) is 6. The molecule has 2 aromatic carbocycles. The lowest BCUT2D eigenvalue weighted by Crippen LogP contribution is -2.52. The van der Waals surface area contributed by atoms with Crippen LogP contribution >= 0.6 is 0 Å². The van der Waals surface area contributed by atoms with Crippen molar-refractivity contribution in [1.82, 2.24) is 10.2 Å². The first-order chi connectivity index (χ1) is 20.4. The van der Waals surface area contributed by atoms with Crippen molar-refractivity contribution < 1.29 is 28.7 Å². The molecule has 2 unspecified atom stereocenters. The number of nitrogens with zero attached hydrogens (tertiary/aromatic N) is 1. The molecule has 2 atom stereocenters. The Morgan fingerprint density at radius 3 is 2.33 bits per heavy atom. The molecule has 0 aliphatic rings. The van der Waals surface area contributed by atoms with Crippen molar-refractivity contribution in [3.63, 3.8) is 0 Å². The van der Waals surface area contributed by atoms with E-state index in [-0.39, 0.29) is 19.4 Å². The summed E-state index contributed by atoms with van der Waals surface area (Å²) in [4.78, 5) is 54.3. The van der Waals surface area contributed by atoms with Crippen LogP contribution in [0.4, 0.5) is 10.5 Å². The number of alkyl carbamates (subject to hydrolysis) is 1. The number of primary amides is 1. The van der Waals surface area contributed by atoms with Gasteiger partial charge in [0, 0.05) is 18.7 Å². The van der Waals surface area contributed by atoms with Gasteiger partial charge in [0.05, 0.1) is 7.11 Å². The van der Waals surface area contributed by atoms with E-state index in [1.807, 2.05) is 6.07 Å². The molecule has 4 N–H and O–H groups in total. The molecule has 234 valence electrons. The Kier molecular flexibility index (Phi) is 13.7. The van der Waals surface area contributed by atoms with Gasteiger partial charge in [0.2, 0.25) is 11.8 Å². The molecule has 0 aromatic heterocycles. The smallest absolute Gasteiger partial charge is 0.408 e. The fourth-order valence-corrected chi connectivity index (χ4v) is 4.48. The number of anilines is 1. The minimum Gasteiger partial charge on any atom is -0.497 e. The molecule has 10 nitrogen and oxygen atoms in total. The number of amides is 4.